The average molecular weight is 331 g/mol. The molecule has 20 heavy (non-hydrogen) atoms. The Labute approximate surface area is 126 Å². The molecule has 1 amide bonds. The number of rotatable bonds is 4. The fourth-order valence-electron chi connectivity index (χ4n) is 1.36. The van der Waals surface area contributed by atoms with E-state index < -0.39 is 10.8 Å². The molecule has 10 heteroatoms. The molecule has 0 saturated carbocycles. The Morgan fingerprint density at radius 1 is 1.50 bits per heavy atom. The first-order chi connectivity index (χ1) is 9.51. The SMILES string of the molecule is CSc1nnc(NC(=O)c2ccc(Cl)cc2[N+](=O)[O-])s1. The van der Waals surface area contributed by atoms with Gasteiger partial charge in [0.15, 0.2) is 4.34 Å². The highest BCUT2D eigenvalue weighted by atomic mass is 35.5. The number of aromatic nitrogens is 2. The van der Waals surface area contributed by atoms with Crippen molar-refractivity contribution in [3.05, 3.63) is 38.9 Å². The van der Waals surface area contributed by atoms with E-state index >= 15 is 0 Å². The molecule has 0 fully saturated rings. The zero-order valence-corrected chi connectivity index (χ0v) is 12.4. The number of nitrogens with zero attached hydrogens (tertiary/aromatic N) is 3. The van der Waals surface area contributed by atoms with Gasteiger partial charge in [0.1, 0.15) is 5.56 Å². The molecule has 0 bridgehead atoms. The Balaban J connectivity index is 2.27. The van der Waals surface area contributed by atoms with Crippen molar-refractivity contribution in [1.82, 2.24) is 10.2 Å². The highest BCUT2D eigenvalue weighted by Crippen LogP contribution is 2.26. The molecule has 1 aromatic carbocycles. The summed E-state index contributed by atoms with van der Waals surface area (Å²) in [5.74, 6) is -0.628. The van der Waals surface area contributed by atoms with Crippen LogP contribution < -0.4 is 5.32 Å². The lowest BCUT2D eigenvalue weighted by Gasteiger charge is -2.02. The summed E-state index contributed by atoms with van der Waals surface area (Å²) in [7, 11) is 0. The number of nitro groups is 1. The van der Waals surface area contributed by atoms with Crippen molar-refractivity contribution < 1.29 is 9.72 Å². The quantitative estimate of drug-likeness (QED) is 0.400. The summed E-state index contributed by atoms with van der Waals surface area (Å²) in [5.41, 5.74) is -0.440. The molecule has 1 aromatic heterocycles. The second kappa shape index (κ2) is 6.16. The number of hydrogen-bond donors (Lipinski definition) is 1. The molecule has 0 aliphatic heterocycles. The Kier molecular flexibility index (Phi) is 4.53. The predicted molar refractivity (Wildman–Crippen MR) is 77.7 cm³/mol. The van der Waals surface area contributed by atoms with Crippen LogP contribution in [0.5, 0.6) is 0 Å². The summed E-state index contributed by atoms with van der Waals surface area (Å²) in [5, 5.41) is 21.4. The van der Waals surface area contributed by atoms with Gasteiger partial charge in [0.25, 0.3) is 11.6 Å². The molecule has 0 unspecified atom stereocenters. The molecule has 0 saturated heterocycles. The second-order valence-corrected chi connectivity index (χ2v) is 5.92. The third kappa shape index (κ3) is 3.24. The first kappa shape index (κ1) is 14.7. The van der Waals surface area contributed by atoms with Crippen molar-refractivity contribution in [3.63, 3.8) is 0 Å². The molecule has 2 aromatic rings. The number of benzene rings is 1. The number of nitro benzene ring substituents is 1. The van der Waals surface area contributed by atoms with Crippen LogP contribution in [0.2, 0.25) is 5.02 Å². The van der Waals surface area contributed by atoms with Crippen LogP contribution in [-0.4, -0.2) is 27.3 Å². The minimum atomic E-state index is -0.659. The molecule has 0 radical (unpaired) electrons. The maximum atomic E-state index is 12.0. The van der Waals surface area contributed by atoms with Gasteiger partial charge in [-0.05, 0) is 18.4 Å². The molecule has 1 N–H and O–H groups in total. The van der Waals surface area contributed by atoms with E-state index in [9.17, 15) is 14.9 Å². The molecule has 7 nitrogen and oxygen atoms in total. The van der Waals surface area contributed by atoms with Crippen LogP contribution in [0.15, 0.2) is 22.5 Å². The third-order valence-corrected chi connectivity index (χ3v) is 4.25. The van der Waals surface area contributed by atoms with Crippen LogP contribution in [0.3, 0.4) is 0 Å². The van der Waals surface area contributed by atoms with E-state index in [0.717, 1.165) is 6.07 Å². The number of nitrogens with one attached hydrogen (secondary N) is 1. The predicted octanol–water partition coefficient (Wildman–Crippen LogP) is 3.07. The van der Waals surface area contributed by atoms with Crippen LogP contribution in [0.25, 0.3) is 0 Å². The molecule has 0 aliphatic rings. The van der Waals surface area contributed by atoms with E-state index in [4.69, 9.17) is 11.6 Å². The zero-order chi connectivity index (χ0) is 14.7. The summed E-state index contributed by atoms with van der Waals surface area (Å²) in [6.45, 7) is 0. The first-order valence-corrected chi connectivity index (χ1v) is 7.56. The topological polar surface area (TPSA) is 98.0 Å². The number of hydrogen-bond acceptors (Lipinski definition) is 7. The number of thioether (sulfide) groups is 1. The second-order valence-electron chi connectivity index (χ2n) is 3.45. The van der Waals surface area contributed by atoms with Crippen LogP contribution in [0.4, 0.5) is 10.8 Å². The molecule has 0 spiro atoms. The number of amides is 1. The van der Waals surface area contributed by atoms with Gasteiger partial charge in [0, 0.05) is 11.1 Å². The molecule has 2 rings (SSSR count). The fourth-order valence-corrected chi connectivity index (χ4v) is 2.69. The van der Waals surface area contributed by atoms with Gasteiger partial charge in [0.2, 0.25) is 5.13 Å². The van der Waals surface area contributed by atoms with E-state index in [-0.39, 0.29) is 21.4 Å². The average Bonchev–Trinajstić information content (AvgIpc) is 2.86. The van der Waals surface area contributed by atoms with E-state index in [1.165, 1.54) is 35.2 Å². The fraction of sp³-hybridized carbons (Fsp3) is 0.100. The zero-order valence-electron chi connectivity index (χ0n) is 9.99. The van der Waals surface area contributed by atoms with Crippen molar-refractivity contribution in [2.24, 2.45) is 0 Å². The van der Waals surface area contributed by atoms with Crippen molar-refractivity contribution >= 4 is 51.4 Å². The monoisotopic (exact) mass is 330 g/mol. The lowest BCUT2D eigenvalue weighted by Crippen LogP contribution is -2.13. The normalized spacial score (nSPS) is 10.3. The van der Waals surface area contributed by atoms with Crippen molar-refractivity contribution in [1.29, 1.82) is 0 Å². The molecular formula is C10H7ClN4O3S2. The van der Waals surface area contributed by atoms with Gasteiger partial charge < -0.3 is 0 Å². The largest absolute Gasteiger partial charge is 0.296 e. The Bertz CT molecular complexity index is 676. The van der Waals surface area contributed by atoms with Crippen LogP contribution in [0.1, 0.15) is 10.4 Å². The Morgan fingerprint density at radius 3 is 2.85 bits per heavy atom. The van der Waals surface area contributed by atoms with E-state index in [2.05, 4.69) is 15.5 Å². The van der Waals surface area contributed by atoms with Gasteiger partial charge in [-0.3, -0.25) is 20.2 Å². The molecule has 0 atom stereocenters. The van der Waals surface area contributed by atoms with Crippen molar-refractivity contribution in [3.8, 4) is 0 Å². The summed E-state index contributed by atoms with van der Waals surface area (Å²) >= 11 is 8.27. The van der Waals surface area contributed by atoms with Gasteiger partial charge in [-0.25, -0.2) is 0 Å². The summed E-state index contributed by atoms with van der Waals surface area (Å²) < 4.78 is 0.686. The van der Waals surface area contributed by atoms with Crippen molar-refractivity contribution in [2.75, 3.05) is 11.6 Å². The number of carbonyl (C=O) groups is 1. The highest BCUT2D eigenvalue weighted by Gasteiger charge is 2.21. The van der Waals surface area contributed by atoms with E-state index in [0.29, 0.717) is 4.34 Å². The van der Waals surface area contributed by atoms with Gasteiger partial charge in [-0.15, -0.1) is 10.2 Å². The molecule has 1 heterocycles. The number of anilines is 1. The van der Waals surface area contributed by atoms with E-state index in [1.54, 1.807) is 0 Å². The maximum Gasteiger partial charge on any atom is 0.283 e. The van der Waals surface area contributed by atoms with Crippen LogP contribution in [-0.2, 0) is 0 Å². The van der Waals surface area contributed by atoms with Gasteiger partial charge in [0.05, 0.1) is 4.92 Å². The van der Waals surface area contributed by atoms with Crippen LogP contribution in [0, 0.1) is 10.1 Å². The first-order valence-electron chi connectivity index (χ1n) is 5.14. The minimum Gasteiger partial charge on any atom is -0.296 e. The Hall–Kier alpha value is -1.71. The standard InChI is InChI=1S/C10H7ClN4O3S2/c1-19-10-14-13-9(20-10)12-8(16)6-3-2-5(11)4-7(6)15(17)18/h2-4H,1H3,(H,12,13,16). The lowest BCUT2D eigenvalue weighted by atomic mass is 10.1. The molecular weight excluding hydrogens is 324 g/mol. The van der Waals surface area contributed by atoms with Crippen LogP contribution >= 0.6 is 34.7 Å². The summed E-state index contributed by atoms with van der Waals surface area (Å²) in [6.07, 6.45) is 1.83. The van der Waals surface area contributed by atoms with Gasteiger partial charge in [-0.2, -0.15) is 0 Å². The number of carbonyl (C=O) groups excluding carboxylic acids is 1. The highest BCUT2D eigenvalue weighted by molar-refractivity contribution is 8.00. The summed E-state index contributed by atoms with van der Waals surface area (Å²) in [6, 6.07) is 3.84. The smallest absolute Gasteiger partial charge is 0.283 e. The van der Waals surface area contributed by atoms with Gasteiger partial charge in [-0.1, -0.05) is 34.7 Å². The summed E-state index contributed by atoms with van der Waals surface area (Å²) in [4.78, 5) is 22.3. The molecule has 0 aliphatic carbocycles. The lowest BCUT2D eigenvalue weighted by molar-refractivity contribution is -0.385. The third-order valence-electron chi connectivity index (χ3n) is 2.20. The number of halogens is 1. The minimum absolute atomic E-state index is 0.0831. The van der Waals surface area contributed by atoms with Crippen molar-refractivity contribution in [2.45, 2.75) is 4.34 Å². The van der Waals surface area contributed by atoms with Gasteiger partial charge >= 0.3 is 0 Å². The molecule has 104 valence electrons. The maximum absolute atomic E-state index is 12.0. The van der Waals surface area contributed by atoms with E-state index in [1.807, 2.05) is 6.26 Å². The Morgan fingerprint density at radius 2 is 2.25 bits per heavy atom.